The van der Waals surface area contributed by atoms with Crippen molar-refractivity contribution in [2.24, 2.45) is 0 Å². The van der Waals surface area contributed by atoms with Crippen LogP contribution in [-0.2, 0) is 27.7 Å². The predicted molar refractivity (Wildman–Crippen MR) is 144 cm³/mol. The Bertz CT molecular complexity index is 1580. The van der Waals surface area contributed by atoms with Gasteiger partial charge in [0.2, 0.25) is 10.0 Å². The number of aryl methyl sites for hydroxylation is 2. The van der Waals surface area contributed by atoms with E-state index in [9.17, 15) is 18.0 Å². The van der Waals surface area contributed by atoms with Gasteiger partial charge in [0.05, 0.1) is 22.6 Å². The van der Waals surface area contributed by atoms with E-state index in [0.29, 0.717) is 12.0 Å². The number of hydrogen-bond donors (Lipinski definition) is 1. The summed E-state index contributed by atoms with van der Waals surface area (Å²) in [6.45, 7) is 5.93. The van der Waals surface area contributed by atoms with Crippen molar-refractivity contribution in [1.29, 1.82) is 0 Å². The summed E-state index contributed by atoms with van der Waals surface area (Å²) in [6, 6.07) is 21.0. The number of ether oxygens (including phenoxy) is 1. The molecule has 0 radical (unpaired) electrons. The molecule has 0 atom stereocenters. The zero-order valence-corrected chi connectivity index (χ0v) is 22.0. The summed E-state index contributed by atoms with van der Waals surface area (Å²) in [7, 11) is -3.98. The lowest BCUT2D eigenvalue weighted by atomic mass is 10.1. The van der Waals surface area contributed by atoms with E-state index in [0.717, 1.165) is 27.6 Å². The molecule has 0 unspecified atom stereocenters. The van der Waals surface area contributed by atoms with Crippen molar-refractivity contribution in [3.05, 3.63) is 111 Å². The van der Waals surface area contributed by atoms with Crippen molar-refractivity contribution in [2.45, 2.75) is 38.6 Å². The smallest absolute Gasteiger partial charge is 0.338 e. The van der Waals surface area contributed by atoms with Gasteiger partial charge < -0.3 is 9.72 Å². The molecule has 8 heteroatoms. The number of pyridine rings is 1. The lowest BCUT2D eigenvalue weighted by molar-refractivity contribution is 0.0526. The highest BCUT2D eigenvalue weighted by atomic mass is 32.2. The molecular weight excluding hydrogens is 488 g/mol. The highest BCUT2D eigenvalue weighted by Crippen LogP contribution is 2.22. The van der Waals surface area contributed by atoms with Gasteiger partial charge in [-0.15, -0.1) is 0 Å². The number of hydrogen-bond acceptors (Lipinski definition) is 5. The summed E-state index contributed by atoms with van der Waals surface area (Å²) in [6.07, 6.45) is 0.477. The summed E-state index contributed by atoms with van der Waals surface area (Å²) in [5.74, 6) is -0.513. The molecule has 4 aromatic rings. The Morgan fingerprint density at radius 1 is 0.973 bits per heavy atom. The standard InChI is InChI=1S/C29H30N2O5S/c1-4-36-29(33)23-10-12-26(13-11-23)37(34,35)31(15-14-22-8-6-5-7-9-22)19-25-18-24-17-20(2)16-21(3)27(24)30-28(25)32/h5-13,16-18H,4,14-15,19H2,1-3H3,(H,30,32). The molecule has 1 aromatic heterocycles. The van der Waals surface area contributed by atoms with E-state index in [1.165, 1.54) is 28.6 Å². The van der Waals surface area contributed by atoms with Gasteiger partial charge in [-0.05, 0) is 80.1 Å². The lowest BCUT2D eigenvalue weighted by Crippen LogP contribution is -2.34. The van der Waals surface area contributed by atoms with E-state index >= 15 is 0 Å². The summed E-state index contributed by atoms with van der Waals surface area (Å²) in [5, 5.41) is 0.853. The second-order valence-electron chi connectivity index (χ2n) is 8.99. The Kier molecular flexibility index (Phi) is 7.90. The SMILES string of the molecule is CCOC(=O)c1ccc(S(=O)(=O)N(CCc2ccccc2)Cc2cc3cc(C)cc(C)c3[nH]c2=O)cc1. The van der Waals surface area contributed by atoms with Gasteiger partial charge in [-0.2, -0.15) is 4.31 Å². The Balaban J connectivity index is 1.70. The molecule has 7 nitrogen and oxygen atoms in total. The number of sulfonamides is 1. The normalized spacial score (nSPS) is 11.7. The zero-order chi connectivity index (χ0) is 26.6. The largest absolute Gasteiger partial charge is 0.462 e. The fourth-order valence-electron chi connectivity index (χ4n) is 4.35. The third-order valence-corrected chi connectivity index (χ3v) is 8.07. The maximum atomic E-state index is 13.7. The molecule has 0 aliphatic carbocycles. The molecule has 0 aliphatic rings. The number of benzene rings is 3. The van der Waals surface area contributed by atoms with Gasteiger partial charge in [-0.1, -0.05) is 42.0 Å². The number of H-pyrrole nitrogens is 1. The van der Waals surface area contributed by atoms with Crippen molar-refractivity contribution in [3.63, 3.8) is 0 Å². The second kappa shape index (κ2) is 11.1. The number of aromatic nitrogens is 1. The Morgan fingerprint density at radius 2 is 1.68 bits per heavy atom. The Morgan fingerprint density at radius 3 is 2.35 bits per heavy atom. The second-order valence-corrected chi connectivity index (χ2v) is 10.9. The predicted octanol–water partition coefficient (Wildman–Crippen LogP) is 4.76. The van der Waals surface area contributed by atoms with E-state index in [-0.39, 0.29) is 35.7 Å². The molecule has 0 saturated heterocycles. The molecule has 1 N–H and O–H groups in total. The van der Waals surface area contributed by atoms with E-state index in [2.05, 4.69) is 4.98 Å². The minimum Gasteiger partial charge on any atom is -0.462 e. The van der Waals surface area contributed by atoms with Gasteiger partial charge in [0.1, 0.15) is 0 Å². The maximum Gasteiger partial charge on any atom is 0.338 e. The van der Waals surface area contributed by atoms with Crippen LogP contribution in [0.3, 0.4) is 0 Å². The Labute approximate surface area is 216 Å². The molecule has 3 aromatic carbocycles. The molecule has 0 amide bonds. The van der Waals surface area contributed by atoms with Crippen LogP contribution in [0.4, 0.5) is 0 Å². The van der Waals surface area contributed by atoms with Crippen LogP contribution in [0.5, 0.6) is 0 Å². The van der Waals surface area contributed by atoms with Crippen LogP contribution >= 0.6 is 0 Å². The van der Waals surface area contributed by atoms with E-state index < -0.39 is 16.0 Å². The topological polar surface area (TPSA) is 96.5 Å². The average Bonchev–Trinajstić information content (AvgIpc) is 2.88. The number of fused-ring (bicyclic) bond motifs is 1. The van der Waals surface area contributed by atoms with Gasteiger partial charge in [0.25, 0.3) is 5.56 Å². The van der Waals surface area contributed by atoms with E-state index in [1.54, 1.807) is 13.0 Å². The molecule has 1 heterocycles. The molecule has 0 saturated carbocycles. The van der Waals surface area contributed by atoms with Gasteiger partial charge in [0.15, 0.2) is 0 Å². The van der Waals surface area contributed by atoms with Gasteiger partial charge >= 0.3 is 5.97 Å². The number of rotatable bonds is 9. The lowest BCUT2D eigenvalue weighted by Gasteiger charge is -2.22. The number of carbonyl (C=O) groups is 1. The third kappa shape index (κ3) is 5.98. The van der Waals surface area contributed by atoms with Crippen LogP contribution in [0, 0.1) is 13.8 Å². The first kappa shape index (κ1) is 26.3. The van der Waals surface area contributed by atoms with E-state index in [4.69, 9.17) is 4.74 Å². The number of aromatic amines is 1. The van der Waals surface area contributed by atoms with Crippen LogP contribution in [0.15, 0.2) is 82.5 Å². The van der Waals surface area contributed by atoms with Crippen molar-refractivity contribution in [1.82, 2.24) is 9.29 Å². The van der Waals surface area contributed by atoms with Gasteiger partial charge in [-0.3, -0.25) is 4.79 Å². The molecule has 0 bridgehead atoms. The van der Waals surface area contributed by atoms with E-state index in [1.807, 2.05) is 56.3 Å². The van der Waals surface area contributed by atoms with Crippen molar-refractivity contribution in [2.75, 3.05) is 13.2 Å². The number of carbonyl (C=O) groups excluding carboxylic acids is 1. The molecule has 192 valence electrons. The monoisotopic (exact) mass is 518 g/mol. The highest BCUT2D eigenvalue weighted by molar-refractivity contribution is 7.89. The maximum absolute atomic E-state index is 13.7. The van der Waals surface area contributed by atoms with Crippen LogP contribution < -0.4 is 5.56 Å². The van der Waals surface area contributed by atoms with Gasteiger partial charge in [-0.25, -0.2) is 13.2 Å². The van der Waals surface area contributed by atoms with Crippen molar-refractivity contribution >= 4 is 26.9 Å². The number of nitrogens with one attached hydrogen (secondary N) is 1. The zero-order valence-electron chi connectivity index (χ0n) is 21.2. The van der Waals surface area contributed by atoms with Crippen molar-refractivity contribution < 1.29 is 17.9 Å². The molecule has 0 fully saturated rings. The summed E-state index contributed by atoms with van der Waals surface area (Å²) < 4.78 is 33.8. The molecule has 0 spiro atoms. The summed E-state index contributed by atoms with van der Waals surface area (Å²) in [4.78, 5) is 28.0. The Hall–Kier alpha value is -3.75. The minimum absolute atomic E-state index is 0.0394. The first-order valence-electron chi connectivity index (χ1n) is 12.1. The molecular formula is C29H30N2O5S. The van der Waals surface area contributed by atoms with Crippen LogP contribution in [-0.4, -0.2) is 36.8 Å². The van der Waals surface area contributed by atoms with Crippen LogP contribution in [0.1, 0.15) is 39.5 Å². The first-order chi connectivity index (χ1) is 17.7. The number of esters is 1. The van der Waals surface area contributed by atoms with Crippen molar-refractivity contribution in [3.8, 4) is 0 Å². The van der Waals surface area contributed by atoms with Crippen LogP contribution in [0.2, 0.25) is 0 Å². The van der Waals surface area contributed by atoms with Gasteiger partial charge in [0, 0.05) is 18.7 Å². The first-order valence-corrected chi connectivity index (χ1v) is 13.6. The minimum atomic E-state index is -3.98. The third-order valence-electron chi connectivity index (χ3n) is 6.21. The summed E-state index contributed by atoms with van der Waals surface area (Å²) >= 11 is 0. The molecule has 4 rings (SSSR count). The highest BCUT2D eigenvalue weighted by Gasteiger charge is 2.26. The fraction of sp³-hybridized carbons (Fsp3) is 0.241. The summed E-state index contributed by atoms with van der Waals surface area (Å²) in [5.41, 5.74) is 4.04. The van der Waals surface area contributed by atoms with Crippen LogP contribution in [0.25, 0.3) is 10.9 Å². The fourth-order valence-corrected chi connectivity index (χ4v) is 5.77. The quantitative estimate of drug-likeness (QED) is 0.323. The average molecular weight is 519 g/mol. The molecule has 37 heavy (non-hydrogen) atoms. The molecule has 0 aliphatic heterocycles. The number of nitrogens with zero attached hydrogens (tertiary/aromatic N) is 1.